The Morgan fingerprint density at radius 1 is 1.30 bits per heavy atom. The minimum atomic E-state index is -0.0856. The van der Waals surface area contributed by atoms with Crippen molar-refractivity contribution in [1.29, 1.82) is 0 Å². The van der Waals surface area contributed by atoms with Gasteiger partial charge in [-0.1, -0.05) is 36.6 Å². The Balaban J connectivity index is 1.96. The second-order valence-electron chi connectivity index (χ2n) is 5.61. The van der Waals surface area contributed by atoms with Crippen LogP contribution >= 0.6 is 23.2 Å². The Labute approximate surface area is 130 Å². The summed E-state index contributed by atoms with van der Waals surface area (Å²) in [6.45, 7) is 2.60. The van der Waals surface area contributed by atoms with Crippen LogP contribution in [0.3, 0.4) is 0 Å². The Morgan fingerprint density at radius 3 is 2.70 bits per heavy atom. The molecule has 1 aliphatic carbocycles. The molecule has 1 aromatic rings. The maximum absolute atomic E-state index is 12.2. The van der Waals surface area contributed by atoms with Crippen LogP contribution in [-0.2, 0) is 0 Å². The highest BCUT2D eigenvalue weighted by Gasteiger charge is 2.25. The highest BCUT2D eigenvalue weighted by molar-refractivity contribution is 6.34. The van der Waals surface area contributed by atoms with Gasteiger partial charge >= 0.3 is 0 Å². The van der Waals surface area contributed by atoms with Gasteiger partial charge in [0, 0.05) is 12.4 Å². The Morgan fingerprint density at radius 2 is 2.00 bits per heavy atom. The number of hydrogen-bond donors (Lipinski definition) is 1. The van der Waals surface area contributed by atoms with Gasteiger partial charge in [-0.25, -0.2) is 0 Å². The molecule has 1 aliphatic rings. The van der Waals surface area contributed by atoms with Crippen LogP contribution in [0, 0.1) is 18.8 Å². The lowest BCUT2D eigenvalue weighted by molar-refractivity contribution is 0.0937. The summed E-state index contributed by atoms with van der Waals surface area (Å²) in [4.78, 5) is 12.2. The van der Waals surface area contributed by atoms with Gasteiger partial charge in [0.2, 0.25) is 0 Å². The molecule has 2 nitrogen and oxygen atoms in total. The number of rotatable bonds is 4. The van der Waals surface area contributed by atoms with E-state index in [1.807, 2.05) is 19.1 Å². The first-order valence-electron chi connectivity index (χ1n) is 7.22. The lowest BCUT2D eigenvalue weighted by atomic mass is 9.80. The van der Waals surface area contributed by atoms with E-state index in [9.17, 15) is 4.79 Å². The molecule has 2 atom stereocenters. The molecule has 4 heteroatoms. The molecule has 2 unspecified atom stereocenters. The monoisotopic (exact) mass is 313 g/mol. The van der Waals surface area contributed by atoms with Crippen molar-refractivity contribution >= 4 is 29.1 Å². The van der Waals surface area contributed by atoms with Crippen LogP contribution in [0.15, 0.2) is 18.2 Å². The lowest BCUT2D eigenvalue weighted by Gasteiger charge is -2.30. The fourth-order valence-electron chi connectivity index (χ4n) is 2.90. The van der Waals surface area contributed by atoms with Crippen LogP contribution in [0.2, 0.25) is 5.02 Å². The molecule has 0 aromatic heterocycles. The molecular weight excluding hydrogens is 293 g/mol. The summed E-state index contributed by atoms with van der Waals surface area (Å²) < 4.78 is 0. The number of benzene rings is 1. The van der Waals surface area contributed by atoms with Crippen LogP contribution < -0.4 is 5.32 Å². The third kappa shape index (κ3) is 3.67. The highest BCUT2D eigenvalue weighted by atomic mass is 35.5. The van der Waals surface area contributed by atoms with E-state index in [0.717, 1.165) is 12.0 Å². The van der Waals surface area contributed by atoms with Crippen molar-refractivity contribution in [2.45, 2.75) is 32.6 Å². The van der Waals surface area contributed by atoms with E-state index in [4.69, 9.17) is 23.2 Å². The minimum absolute atomic E-state index is 0.0856. The van der Waals surface area contributed by atoms with Crippen molar-refractivity contribution in [1.82, 2.24) is 5.32 Å². The molecule has 1 saturated carbocycles. The number of carbonyl (C=O) groups is 1. The van der Waals surface area contributed by atoms with E-state index in [0.29, 0.717) is 34.8 Å². The smallest absolute Gasteiger partial charge is 0.252 e. The maximum Gasteiger partial charge on any atom is 0.252 e. The maximum atomic E-state index is 12.2. The van der Waals surface area contributed by atoms with Crippen molar-refractivity contribution in [3.05, 3.63) is 34.3 Å². The molecule has 1 fully saturated rings. The van der Waals surface area contributed by atoms with Crippen LogP contribution in [0.1, 0.15) is 41.6 Å². The summed E-state index contributed by atoms with van der Waals surface area (Å²) in [5.74, 6) is 1.62. The third-order valence-corrected chi connectivity index (χ3v) is 5.12. The number of alkyl halides is 1. The molecule has 1 N–H and O–H groups in total. The van der Waals surface area contributed by atoms with Gasteiger partial charge in [0.1, 0.15) is 0 Å². The normalized spacial score (nSPS) is 22.6. The van der Waals surface area contributed by atoms with E-state index in [2.05, 4.69) is 5.32 Å². The fraction of sp³-hybridized carbons (Fsp3) is 0.562. The van der Waals surface area contributed by atoms with Crippen molar-refractivity contribution in [3.8, 4) is 0 Å². The topological polar surface area (TPSA) is 29.1 Å². The van der Waals surface area contributed by atoms with Crippen LogP contribution in [0.25, 0.3) is 0 Å². The molecule has 0 bridgehead atoms. The highest BCUT2D eigenvalue weighted by Crippen LogP contribution is 2.30. The SMILES string of the molecule is Cc1cccc(C(=O)NCC2CCCCC2CCl)c1Cl. The standard InChI is InChI=1S/C16H21Cl2NO/c1-11-5-4-8-14(15(11)18)16(20)19-10-13-7-3-2-6-12(13)9-17/h4-5,8,12-13H,2-3,6-7,9-10H2,1H3,(H,19,20). The molecule has 0 aliphatic heterocycles. The van der Waals surface area contributed by atoms with Crippen molar-refractivity contribution in [3.63, 3.8) is 0 Å². The van der Waals surface area contributed by atoms with Gasteiger partial charge in [0.15, 0.2) is 0 Å². The second-order valence-corrected chi connectivity index (χ2v) is 6.29. The number of aryl methyl sites for hydroxylation is 1. The Hall–Kier alpha value is -0.730. The zero-order chi connectivity index (χ0) is 14.5. The van der Waals surface area contributed by atoms with E-state index >= 15 is 0 Å². The molecule has 0 radical (unpaired) electrons. The lowest BCUT2D eigenvalue weighted by Crippen LogP contribution is -2.35. The molecule has 1 aromatic carbocycles. The van der Waals surface area contributed by atoms with Crippen molar-refractivity contribution < 1.29 is 4.79 Å². The summed E-state index contributed by atoms with van der Waals surface area (Å²) in [7, 11) is 0. The Kier molecular flexibility index (Phi) is 5.74. The summed E-state index contributed by atoms with van der Waals surface area (Å²) >= 11 is 12.2. The number of amides is 1. The van der Waals surface area contributed by atoms with Crippen molar-refractivity contribution in [2.75, 3.05) is 12.4 Å². The van der Waals surface area contributed by atoms with Gasteiger partial charge in [-0.2, -0.15) is 0 Å². The summed E-state index contributed by atoms with van der Waals surface area (Å²) in [5, 5.41) is 3.56. The molecule has 110 valence electrons. The molecule has 1 amide bonds. The predicted octanol–water partition coefficient (Wildman–Crippen LogP) is 4.42. The third-order valence-electron chi connectivity index (χ3n) is 4.23. The van der Waals surface area contributed by atoms with Gasteiger partial charge < -0.3 is 5.32 Å². The largest absolute Gasteiger partial charge is 0.352 e. The predicted molar refractivity (Wildman–Crippen MR) is 84.7 cm³/mol. The van der Waals surface area contributed by atoms with Gasteiger partial charge in [0.05, 0.1) is 10.6 Å². The van der Waals surface area contributed by atoms with E-state index < -0.39 is 0 Å². The first kappa shape index (κ1) is 15.7. The number of hydrogen-bond acceptors (Lipinski definition) is 1. The van der Waals surface area contributed by atoms with Crippen LogP contribution in [0.4, 0.5) is 0 Å². The number of nitrogens with one attached hydrogen (secondary N) is 1. The zero-order valence-electron chi connectivity index (χ0n) is 11.8. The number of halogens is 2. The molecular formula is C16H21Cl2NO. The summed E-state index contributed by atoms with van der Waals surface area (Å²) in [6.07, 6.45) is 4.82. The first-order chi connectivity index (χ1) is 9.63. The zero-order valence-corrected chi connectivity index (χ0v) is 13.3. The minimum Gasteiger partial charge on any atom is -0.352 e. The van der Waals surface area contributed by atoms with Crippen LogP contribution in [0.5, 0.6) is 0 Å². The molecule has 20 heavy (non-hydrogen) atoms. The average Bonchev–Trinajstić information content (AvgIpc) is 2.48. The van der Waals surface area contributed by atoms with Gasteiger partial charge in [0.25, 0.3) is 5.91 Å². The summed E-state index contributed by atoms with van der Waals surface area (Å²) in [6, 6.07) is 5.53. The van der Waals surface area contributed by atoms with Crippen molar-refractivity contribution in [2.24, 2.45) is 11.8 Å². The van der Waals surface area contributed by atoms with E-state index in [1.54, 1.807) is 6.07 Å². The second kappa shape index (κ2) is 7.33. The Bertz CT molecular complexity index is 476. The molecule has 2 rings (SSSR count). The van der Waals surface area contributed by atoms with Gasteiger partial charge in [-0.3, -0.25) is 4.79 Å². The van der Waals surface area contributed by atoms with Crippen LogP contribution in [-0.4, -0.2) is 18.3 Å². The molecule has 0 spiro atoms. The average molecular weight is 314 g/mol. The first-order valence-corrected chi connectivity index (χ1v) is 8.14. The van der Waals surface area contributed by atoms with E-state index in [1.165, 1.54) is 19.3 Å². The molecule has 0 heterocycles. The molecule has 0 saturated heterocycles. The summed E-state index contributed by atoms with van der Waals surface area (Å²) in [5.41, 5.74) is 1.49. The van der Waals surface area contributed by atoms with Gasteiger partial charge in [-0.05, 0) is 43.2 Å². The quantitative estimate of drug-likeness (QED) is 0.819. The number of carbonyl (C=O) groups excluding carboxylic acids is 1. The fourth-order valence-corrected chi connectivity index (χ4v) is 3.52. The van der Waals surface area contributed by atoms with E-state index in [-0.39, 0.29) is 5.91 Å². The van der Waals surface area contributed by atoms with Gasteiger partial charge in [-0.15, -0.1) is 11.6 Å².